The zero-order valence-corrected chi connectivity index (χ0v) is 14.0. The number of aryl methyl sites for hydroxylation is 1. The maximum Gasteiger partial charge on any atom is 0.258 e. The van der Waals surface area contributed by atoms with Gasteiger partial charge in [0.15, 0.2) is 6.61 Å². The minimum absolute atomic E-state index is 0.00420. The molecule has 3 aromatic rings. The topological polar surface area (TPSA) is 38.3 Å². The van der Waals surface area contributed by atoms with Crippen LogP contribution in [0.25, 0.3) is 10.8 Å². The first-order chi connectivity index (χ1) is 11.6. The van der Waals surface area contributed by atoms with Crippen molar-refractivity contribution in [3.8, 4) is 5.75 Å². The van der Waals surface area contributed by atoms with Crippen molar-refractivity contribution in [2.75, 3.05) is 6.61 Å². The summed E-state index contributed by atoms with van der Waals surface area (Å²) in [5.41, 5.74) is 2.29. The molecule has 3 heteroatoms. The quantitative estimate of drug-likeness (QED) is 0.757. The summed E-state index contributed by atoms with van der Waals surface area (Å²) in [6, 6.07) is 21.9. The molecule has 0 heterocycles. The Labute approximate surface area is 142 Å². The van der Waals surface area contributed by atoms with Crippen molar-refractivity contribution in [3.63, 3.8) is 0 Å². The zero-order valence-electron chi connectivity index (χ0n) is 14.0. The van der Waals surface area contributed by atoms with Gasteiger partial charge >= 0.3 is 0 Å². The van der Waals surface area contributed by atoms with Gasteiger partial charge in [-0.05, 0) is 36.4 Å². The molecule has 0 saturated heterocycles. The highest BCUT2D eigenvalue weighted by molar-refractivity contribution is 5.88. The summed E-state index contributed by atoms with van der Waals surface area (Å²) >= 11 is 0. The number of fused-ring (bicyclic) bond motifs is 1. The maximum atomic E-state index is 12.2. The lowest BCUT2D eigenvalue weighted by Crippen LogP contribution is -2.31. The van der Waals surface area contributed by atoms with Crippen LogP contribution in [0.5, 0.6) is 5.75 Å². The van der Waals surface area contributed by atoms with Crippen LogP contribution in [-0.4, -0.2) is 12.5 Å². The highest BCUT2D eigenvalue weighted by Crippen LogP contribution is 2.25. The van der Waals surface area contributed by atoms with Crippen LogP contribution in [0.15, 0.2) is 66.7 Å². The second kappa shape index (κ2) is 7.18. The van der Waals surface area contributed by atoms with E-state index in [1.165, 1.54) is 5.56 Å². The van der Waals surface area contributed by atoms with Gasteiger partial charge in [0.2, 0.25) is 0 Å². The number of carbonyl (C=O) groups is 1. The smallest absolute Gasteiger partial charge is 0.258 e. The molecule has 3 aromatic carbocycles. The van der Waals surface area contributed by atoms with Crippen molar-refractivity contribution in [3.05, 3.63) is 77.9 Å². The van der Waals surface area contributed by atoms with Crippen LogP contribution >= 0.6 is 0 Å². The van der Waals surface area contributed by atoms with Gasteiger partial charge in [0.1, 0.15) is 5.75 Å². The molecular formula is C21H21NO2. The lowest BCUT2D eigenvalue weighted by molar-refractivity contribution is -0.123. The molecule has 3 nitrogen and oxygen atoms in total. The summed E-state index contributed by atoms with van der Waals surface area (Å²) in [5, 5.41) is 5.11. The molecule has 0 aliphatic rings. The summed E-state index contributed by atoms with van der Waals surface area (Å²) in [4.78, 5) is 12.2. The molecule has 24 heavy (non-hydrogen) atoms. The van der Waals surface area contributed by atoms with Crippen LogP contribution in [-0.2, 0) is 4.79 Å². The molecule has 122 valence electrons. The number of ether oxygens (including phenoxy) is 1. The summed E-state index contributed by atoms with van der Waals surface area (Å²) in [6.07, 6.45) is 0. The van der Waals surface area contributed by atoms with Crippen LogP contribution in [0.4, 0.5) is 0 Å². The van der Waals surface area contributed by atoms with Gasteiger partial charge in [-0.15, -0.1) is 0 Å². The van der Waals surface area contributed by atoms with Gasteiger partial charge in [-0.2, -0.15) is 0 Å². The molecule has 1 N–H and O–H groups in total. The predicted octanol–water partition coefficient (Wildman–Crippen LogP) is 4.40. The Kier molecular flexibility index (Phi) is 4.80. The van der Waals surface area contributed by atoms with Crippen LogP contribution in [0.2, 0.25) is 0 Å². The van der Waals surface area contributed by atoms with E-state index in [1.807, 2.05) is 80.6 Å². The molecule has 1 atom stereocenters. The van der Waals surface area contributed by atoms with Crippen LogP contribution in [0, 0.1) is 6.92 Å². The number of carbonyl (C=O) groups excluding carboxylic acids is 1. The van der Waals surface area contributed by atoms with E-state index in [1.54, 1.807) is 0 Å². The molecule has 3 rings (SSSR count). The standard InChI is InChI=1S/C21H21NO2/c1-15-8-3-5-11-18(15)16(2)22-21(23)14-24-20-13-7-10-17-9-4-6-12-19(17)20/h3-13,16H,14H2,1-2H3,(H,22,23)/t16-/m0/s1. The Morgan fingerprint density at radius 2 is 1.71 bits per heavy atom. The summed E-state index contributed by atoms with van der Waals surface area (Å²) < 4.78 is 5.74. The molecule has 0 aliphatic carbocycles. The number of nitrogens with one attached hydrogen (secondary N) is 1. The molecule has 0 aliphatic heterocycles. The first-order valence-electron chi connectivity index (χ1n) is 8.10. The van der Waals surface area contributed by atoms with Gasteiger partial charge in [0, 0.05) is 5.39 Å². The first-order valence-corrected chi connectivity index (χ1v) is 8.10. The average Bonchev–Trinajstić information content (AvgIpc) is 2.60. The fraction of sp³-hybridized carbons (Fsp3) is 0.190. The van der Waals surface area contributed by atoms with E-state index in [9.17, 15) is 4.79 Å². The highest BCUT2D eigenvalue weighted by atomic mass is 16.5. The van der Waals surface area contributed by atoms with Gasteiger partial charge in [-0.1, -0.05) is 60.7 Å². The summed E-state index contributed by atoms with van der Waals surface area (Å²) in [6.45, 7) is 4.03. The highest BCUT2D eigenvalue weighted by Gasteiger charge is 2.12. The van der Waals surface area contributed by atoms with Crippen LogP contribution in [0.1, 0.15) is 24.1 Å². The van der Waals surface area contributed by atoms with Crippen LogP contribution in [0.3, 0.4) is 0 Å². The fourth-order valence-corrected chi connectivity index (χ4v) is 2.90. The second-order valence-corrected chi connectivity index (χ2v) is 5.91. The number of amides is 1. The fourth-order valence-electron chi connectivity index (χ4n) is 2.90. The van der Waals surface area contributed by atoms with Gasteiger partial charge in [0.25, 0.3) is 5.91 Å². The molecule has 1 amide bonds. The Morgan fingerprint density at radius 3 is 2.54 bits per heavy atom. The maximum absolute atomic E-state index is 12.2. The van der Waals surface area contributed by atoms with E-state index in [4.69, 9.17) is 4.74 Å². The number of rotatable bonds is 5. The monoisotopic (exact) mass is 319 g/mol. The molecule has 0 aromatic heterocycles. The number of hydrogen-bond donors (Lipinski definition) is 1. The Hall–Kier alpha value is -2.81. The third-order valence-electron chi connectivity index (χ3n) is 4.14. The van der Waals surface area contributed by atoms with E-state index < -0.39 is 0 Å². The zero-order chi connectivity index (χ0) is 16.9. The molecule has 0 unspecified atom stereocenters. The normalized spacial score (nSPS) is 11.9. The third kappa shape index (κ3) is 3.57. The average molecular weight is 319 g/mol. The van der Waals surface area contributed by atoms with Crippen molar-refractivity contribution in [2.45, 2.75) is 19.9 Å². The Balaban J connectivity index is 1.64. The second-order valence-electron chi connectivity index (χ2n) is 5.91. The van der Waals surface area contributed by atoms with Gasteiger partial charge in [0.05, 0.1) is 6.04 Å². The minimum Gasteiger partial charge on any atom is -0.483 e. The van der Waals surface area contributed by atoms with Crippen molar-refractivity contribution in [1.29, 1.82) is 0 Å². The minimum atomic E-state index is -0.126. The van der Waals surface area contributed by atoms with E-state index in [2.05, 4.69) is 5.32 Å². The lowest BCUT2D eigenvalue weighted by Gasteiger charge is -2.17. The molecule has 0 bridgehead atoms. The summed E-state index contributed by atoms with van der Waals surface area (Å²) in [7, 11) is 0. The van der Waals surface area contributed by atoms with E-state index in [0.717, 1.165) is 22.1 Å². The molecule has 0 radical (unpaired) electrons. The lowest BCUT2D eigenvalue weighted by atomic mass is 10.0. The van der Waals surface area contributed by atoms with E-state index in [0.29, 0.717) is 0 Å². The molecular weight excluding hydrogens is 298 g/mol. The van der Waals surface area contributed by atoms with E-state index >= 15 is 0 Å². The van der Waals surface area contributed by atoms with Crippen molar-refractivity contribution in [1.82, 2.24) is 5.32 Å². The number of hydrogen-bond acceptors (Lipinski definition) is 2. The molecule has 0 saturated carbocycles. The van der Waals surface area contributed by atoms with Crippen molar-refractivity contribution < 1.29 is 9.53 Å². The van der Waals surface area contributed by atoms with Gasteiger partial charge < -0.3 is 10.1 Å². The van der Waals surface area contributed by atoms with Crippen LogP contribution < -0.4 is 10.1 Å². The summed E-state index contributed by atoms with van der Waals surface area (Å²) in [5.74, 6) is 0.602. The first kappa shape index (κ1) is 16.1. The largest absolute Gasteiger partial charge is 0.483 e. The molecule has 0 spiro atoms. The SMILES string of the molecule is Cc1ccccc1[C@H](C)NC(=O)COc1cccc2ccccc12. The van der Waals surface area contributed by atoms with E-state index in [-0.39, 0.29) is 18.6 Å². The van der Waals surface area contributed by atoms with Crippen molar-refractivity contribution >= 4 is 16.7 Å². The Morgan fingerprint density at radius 1 is 1.00 bits per heavy atom. The Bertz CT molecular complexity index is 852. The third-order valence-corrected chi connectivity index (χ3v) is 4.14. The number of benzene rings is 3. The van der Waals surface area contributed by atoms with Gasteiger partial charge in [-0.3, -0.25) is 4.79 Å². The van der Waals surface area contributed by atoms with Crippen molar-refractivity contribution in [2.24, 2.45) is 0 Å². The molecule has 0 fully saturated rings. The van der Waals surface area contributed by atoms with Gasteiger partial charge in [-0.25, -0.2) is 0 Å². The predicted molar refractivity (Wildman–Crippen MR) is 97.2 cm³/mol.